The van der Waals surface area contributed by atoms with Gasteiger partial charge in [0.25, 0.3) is 0 Å². The molecule has 0 aliphatic heterocycles. The molecule has 10 rings (SSSR count). The number of allylic oxidation sites excluding steroid dienone is 2. The molecule has 1 heterocycles. The van der Waals surface area contributed by atoms with Gasteiger partial charge in [0.1, 0.15) is 5.58 Å². The van der Waals surface area contributed by atoms with Crippen molar-refractivity contribution in [1.29, 1.82) is 0 Å². The van der Waals surface area contributed by atoms with Crippen LogP contribution in [0.3, 0.4) is 0 Å². The van der Waals surface area contributed by atoms with E-state index in [9.17, 15) is 0 Å². The van der Waals surface area contributed by atoms with Crippen LogP contribution in [0.4, 0.5) is 11.4 Å². The first-order chi connectivity index (χ1) is 24.7. The zero-order valence-corrected chi connectivity index (χ0v) is 27.9. The predicted octanol–water partition coefficient (Wildman–Crippen LogP) is 12.4. The van der Waals surface area contributed by atoms with Crippen molar-refractivity contribution in [2.75, 3.05) is 4.90 Å². The van der Waals surface area contributed by atoms with Crippen LogP contribution < -0.4 is 4.90 Å². The molecule has 0 saturated carbocycles. The lowest BCUT2D eigenvalue weighted by Crippen LogP contribution is -2.45. The minimum atomic E-state index is -0.465. The largest absolute Gasteiger partial charge is 0.454 e. The monoisotopic (exact) mass is 641 g/mol. The predicted molar refractivity (Wildman–Crippen MR) is 208 cm³/mol. The van der Waals surface area contributed by atoms with Crippen molar-refractivity contribution >= 4 is 49.7 Å². The number of rotatable bonds is 5. The molecule has 0 spiro atoms. The van der Waals surface area contributed by atoms with E-state index in [1.807, 2.05) is 0 Å². The Morgan fingerprint density at radius 1 is 0.540 bits per heavy atom. The maximum absolute atomic E-state index is 6.77. The second-order valence-corrected chi connectivity index (χ2v) is 13.9. The van der Waals surface area contributed by atoms with Gasteiger partial charge in [-0.1, -0.05) is 164 Å². The van der Waals surface area contributed by atoms with Crippen molar-refractivity contribution in [2.45, 2.75) is 24.3 Å². The summed E-state index contributed by atoms with van der Waals surface area (Å²) < 4.78 is 6.77. The van der Waals surface area contributed by atoms with Gasteiger partial charge < -0.3 is 9.32 Å². The summed E-state index contributed by atoms with van der Waals surface area (Å²) in [5.74, 6) is 0. The van der Waals surface area contributed by atoms with Crippen LogP contribution in [0.25, 0.3) is 38.3 Å². The van der Waals surface area contributed by atoms with Gasteiger partial charge in [-0.05, 0) is 70.3 Å². The van der Waals surface area contributed by atoms with Crippen molar-refractivity contribution in [3.63, 3.8) is 0 Å². The smallest absolute Gasteiger partial charge is 0.159 e. The average molecular weight is 642 g/mol. The molecule has 0 amide bonds. The summed E-state index contributed by atoms with van der Waals surface area (Å²) in [6, 6.07) is 61.7. The second-order valence-electron chi connectivity index (χ2n) is 13.9. The first kappa shape index (κ1) is 28.9. The van der Waals surface area contributed by atoms with Crippen molar-refractivity contribution in [3.8, 4) is 0 Å². The molecule has 0 bridgehead atoms. The molecule has 8 aromatic rings. The van der Waals surface area contributed by atoms with Gasteiger partial charge in [-0.2, -0.15) is 0 Å². The van der Waals surface area contributed by atoms with E-state index < -0.39 is 11.0 Å². The summed E-state index contributed by atoms with van der Waals surface area (Å²) in [6.45, 7) is 2.40. The number of hydrogen-bond acceptors (Lipinski definition) is 2. The van der Waals surface area contributed by atoms with Gasteiger partial charge in [0.2, 0.25) is 0 Å². The van der Waals surface area contributed by atoms with Gasteiger partial charge in [-0.15, -0.1) is 0 Å². The molecule has 238 valence electrons. The van der Waals surface area contributed by atoms with Gasteiger partial charge in [-0.3, -0.25) is 0 Å². The van der Waals surface area contributed by atoms with E-state index in [1.165, 1.54) is 44.2 Å². The summed E-state index contributed by atoms with van der Waals surface area (Å²) in [7, 11) is 0. The van der Waals surface area contributed by atoms with Crippen molar-refractivity contribution in [3.05, 3.63) is 210 Å². The molecule has 1 atom stereocenters. The minimum absolute atomic E-state index is 0.448. The lowest BCUT2D eigenvalue weighted by molar-refractivity contribution is 0.524. The quantitative estimate of drug-likeness (QED) is 0.186. The summed E-state index contributed by atoms with van der Waals surface area (Å²) >= 11 is 0. The third kappa shape index (κ3) is 4.02. The number of anilines is 2. The fourth-order valence-corrected chi connectivity index (χ4v) is 9.02. The molecule has 2 aliphatic carbocycles. The van der Waals surface area contributed by atoms with E-state index >= 15 is 0 Å². The first-order valence-electron chi connectivity index (χ1n) is 17.5. The maximum atomic E-state index is 6.77. The van der Waals surface area contributed by atoms with Crippen LogP contribution in [0, 0.1) is 0 Å². The Morgan fingerprint density at radius 2 is 1.14 bits per heavy atom. The van der Waals surface area contributed by atoms with Crippen LogP contribution in [0.15, 0.2) is 192 Å². The van der Waals surface area contributed by atoms with Crippen molar-refractivity contribution < 1.29 is 4.42 Å². The van der Waals surface area contributed by atoms with E-state index in [-0.39, 0.29) is 0 Å². The third-order valence-electron chi connectivity index (χ3n) is 11.1. The highest BCUT2D eigenvalue weighted by molar-refractivity contribution is 6.11. The number of hydrogen-bond donors (Lipinski definition) is 0. The SMILES string of the molecule is C[C@]1(N(c2cccc3ccccc23)c2cccc3c2oc2ccccc23)C=CC2=C(C1)C(c1ccccc1)(c1ccccc1)c1ccccc12. The molecule has 0 unspecified atom stereocenters. The lowest BCUT2D eigenvalue weighted by Gasteiger charge is -2.46. The van der Waals surface area contributed by atoms with Gasteiger partial charge in [0.05, 0.1) is 16.6 Å². The maximum Gasteiger partial charge on any atom is 0.159 e. The molecule has 2 aliphatic rings. The Balaban J connectivity index is 1.26. The molecule has 1 aromatic heterocycles. The van der Waals surface area contributed by atoms with Crippen LogP contribution >= 0.6 is 0 Å². The lowest BCUT2D eigenvalue weighted by atomic mass is 9.63. The van der Waals surface area contributed by atoms with Crippen LogP contribution in [-0.2, 0) is 5.41 Å². The number of benzene rings is 7. The molecular formula is C48H35NO. The topological polar surface area (TPSA) is 16.4 Å². The zero-order valence-electron chi connectivity index (χ0n) is 27.9. The minimum Gasteiger partial charge on any atom is -0.454 e. The van der Waals surface area contributed by atoms with Gasteiger partial charge in [0.15, 0.2) is 5.58 Å². The molecule has 2 heteroatoms. The van der Waals surface area contributed by atoms with E-state index in [0.29, 0.717) is 0 Å². The molecule has 2 nitrogen and oxygen atoms in total. The van der Waals surface area contributed by atoms with Gasteiger partial charge >= 0.3 is 0 Å². The van der Waals surface area contributed by atoms with Crippen LogP contribution in [0.2, 0.25) is 0 Å². The molecule has 0 saturated heterocycles. The summed E-state index contributed by atoms with van der Waals surface area (Å²) in [6.07, 6.45) is 5.65. The van der Waals surface area contributed by atoms with Gasteiger partial charge in [0, 0.05) is 21.8 Å². The fourth-order valence-electron chi connectivity index (χ4n) is 9.02. The molecule has 50 heavy (non-hydrogen) atoms. The summed E-state index contributed by atoms with van der Waals surface area (Å²) in [5.41, 5.74) is 11.1. The van der Waals surface area contributed by atoms with Crippen LogP contribution in [0.5, 0.6) is 0 Å². The standard InChI is InChI=1S/C48H35NO/c1-47(31-30-38-37-23-10-12-26-41(37)48(42(38)32-47,34-18-4-2-5-19-34)35-20-6-3-7-21-35)49(43-27-14-17-33-16-8-9-22-36(33)43)44-28-15-25-40-39-24-11-13-29-45(39)50-46(40)44/h2-31H,32H2,1H3/t47-/m0/s1. The van der Waals surface area contributed by atoms with Crippen LogP contribution in [0.1, 0.15) is 35.6 Å². The first-order valence-corrected chi connectivity index (χ1v) is 17.5. The van der Waals surface area contributed by atoms with E-state index in [1.54, 1.807) is 0 Å². The Morgan fingerprint density at radius 3 is 1.94 bits per heavy atom. The Kier molecular flexibility index (Phi) is 6.32. The number of fused-ring (bicyclic) bond motifs is 6. The number of para-hydroxylation sites is 2. The van der Waals surface area contributed by atoms with E-state index in [0.717, 1.165) is 39.7 Å². The van der Waals surface area contributed by atoms with Gasteiger partial charge in [-0.25, -0.2) is 0 Å². The molecular weight excluding hydrogens is 607 g/mol. The summed E-state index contributed by atoms with van der Waals surface area (Å²) in [4.78, 5) is 2.56. The Bertz CT molecular complexity index is 2600. The molecule has 0 radical (unpaired) electrons. The average Bonchev–Trinajstić information content (AvgIpc) is 3.70. The number of furan rings is 1. The molecule has 7 aromatic carbocycles. The molecule has 0 N–H and O–H groups in total. The van der Waals surface area contributed by atoms with Crippen molar-refractivity contribution in [2.24, 2.45) is 0 Å². The second kappa shape index (κ2) is 10.9. The zero-order chi connectivity index (χ0) is 33.3. The van der Waals surface area contributed by atoms with E-state index in [4.69, 9.17) is 4.42 Å². The highest BCUT2D eigenvalue weighted by Crippen LogP contribution is 2.60. The van der Waals surface area contributed by atoms with E-state index in [2.05, 4.69) is 194 Å². The van der Waals surface area contributed by atoms with Crippen LogP contribution in [-0.4, -0.2) is 5.54 Å². The fraction of sp³-hybridized carbons (Fsp3) is 0.0833. The van der Waals surface area contributed by atoms with Crippen molar-refractivity contribution in [1.82, 2.24) is 0 Å². The number of nitrogens with zero attached hydrogens (tertiary/aromatic N) is 1. The Labute approximate surface area is 292 Å². The highest BCUT2D eigenvalue weighted by atomic mass is 16.3. The highest BCUT2D eigenvalue weighted by Gasteiger charge is 2.51. The third-order valence-corrected chi connectivity index (χ3v) is 11.1. The summed E-state index contributed by atoms with van der Waals surface area (Å²) in [5, 5.41) is 4.69. The molecule has 0 fully saturated rings. The Hall–Kier alpha value is -6.12. The normalized spacial score (nSPS) is 17.7.